The number of carboxylic acid groups (broad SMARTS) is 1. The van der Waals surface area contributed by atoms with Crippen LogP contribution < -0.4 is 11.1 Å². The maximum Gasteiger partial charge on any atom is 0.335 e. The van der Waals surface area contributed by atoms with Crippen LogP contribution in [0.3, 0.4) is 0 Å². The number of hydrogen-bond acceptors (Lipinski definition) is 5. The number of nitrogens with one attached hydrogen (secondary N) is 1. The fourth-order valence-corrected chi connectivity index (χ4v) is 2.12. The van der Waals surface area contributed by atoms with E-state index in [1.807, 2.05) is 0 Å². The van der Waals surface area contributed by atoms with Gasteiger partial charge in [-0.15, -0.1) is 0 Å². The number of anilines is 2. The van der Waals surface area contributed by atoms with Crippen molar-refractivity contribution < 1.29 is 19.4 Å². The molecule has 1 saturated heterocycles. The van der Waals surface area contributed by atoms with Gasteiger partial charge in [0.2, 0.25) is 5.91 Å². The lowest BCUT2D eigenvalue weighted by Crippen LogP contribution is -2.41. The number of nitrogens with two attached hydrogens (primary N) is 1. The number of carbonyl (C=O) groups is 2. The van der Waals surface area contributed by atoms with Crippen molar-refractivity contribution in [2.45, 2.75) is 6.42 Å². The Morgan fingerprint density at radius 2 is 2.05 bits per heavy atom. The topological polar surface area (TPSA) is 105 Å². The van der Waals surface area contributed by atoms with Crippen LogP contribution in [0.2, 0.25) is 0 Å². The highest BCUT2D eigenvalue weighted by molar-refractivity contribution is 5.90. The number of carboxylic acids is 1. The maximum atomic E-state index is 12.0. The zero-order valence-corrected chi connectivity index (χ0v) is 11.7. The Morgan fingerprint density at radius 3 is 2.71 bits per heavy atom. The van der Waals surface area contributed by atoms with Gasteiger partial charge < -0.3 is 25.8 Å². The fraction of sp³-hybridized carbons (Fsp3) is 0.429. The van der Waals surface area contributed by atoms with Crippen molar-refractivity contribution in [1.82, 2.24) is 4.90 Å². The predicted molar refractivity (Wildman–Crippen MR) is 78.3 cm³/mol. The second kappa shape index (κ2) is 6.94. The lowest BCUT2D eigenvalue weighted by Gasteiger charge is -2.27. The molecule has 21 heavy (non-hydrogen) atoms. The van der Waals surface area contributed by atoms with Crippen LogP contribution in [0.5, 0.6) is 0 Å². The summed E-state index contributed by atoms with van der Waals surface area (Å²) < 4.78 is 5.19. The molecule has 1 aromatic rings. The summed E-state index contributed by atoms with van der Waals surface area (Å²) in [6.07, 6.45) is 0.330. The largest absolute Gasteiger partial charge is 0.478 e. The van der Waals surface area contributed by atoms with E-state index in [2.05, 4.69) is 5.32 Å². The third-order valence-electron chi connectivity index (χ3n) is 3.32. The quantitative estimate of drug-likeness (QED) is 0.688. The van der Waals surface area contributed by atoms with Crippen LogP contribution in [-0.4, -0.2) is 54.7 Å². The average molecular weight is 293 g/mol. The number of nitrogen functional groups attached to an aromatic ring is 1. The molecular weight excluding hydrogens is 274 g/mol. The smallest absolute Gasteiger partial charge is 0.335 e. The maximum absolute atomic E-state index is 12.0. The van der Waals surface area contributed by atoms with Gasteiger partial charge >= 0.3 is 5.97 Å². The molecule has 0 aliphatic carbocycles. The molecule has 1 aromatic carbocycles. The van der Waals surface area contributed by atoms with Crippen LogP contribution in [0.15, 0.2) is 18.2 Å². The van der Waals surface area contributed by atoms with E-state index in [1.165, 1.54) is 18.2 Å². The third-order valence-corrected chi connectivity index (χ3v) is 3.32. The molecule has 0 spiro atoms. The van der Waals surface area contributed by atoms with Gasteiger partial charge in [-0.3, -0.25) is 4.79 Å². The molecule has 0 aromatic heterocycles. The highest BCUT2D eigenvalue weighted by Gasteiger charge is 2.16. The number of morpholine rings is 1. The first-order chi connectivity index (χ1) is 10.1. The van der Waals surface area contributed by atoms with Crippen LogP contribution >= 0.6 is 0 Å². The zero-order valence-electron chi connectivity index (χ0n) is 11.7. The van der Waals surface area contributed by atoms with E-state index in [4.69, 9.17) is 15.6 Å². The molecule has 0 atom stereocenters. The molecule has 7 nitrogen and oxygen atoms in total. The first kappa shape index (κ1) is 15.1. The molecule has 114 valence electrons. The predicted octanol–water partition coefficient (Wildman–Crippen LogP) is 0.628. The Hall–Kier alpha value is -2.28. The average Bonchev–Trinajstić information content (AvgIpc) is 2.49. The number of amides is 1. The normalized spacial score (nSPS) is 14.8. The molecule has 0 radical (unpaired) electrons. The van der Waals surface area contributed by atoms with Crippen molar-refractivity contribution in [2.24, 2.45) is 0 Å². The van der Waals surface area contributed by atoms with Gasteiger partial charge in [-0.05, 0) is 18.2 Å². The van der Waals surface area contributed by atoms with Gasteiger partial charge in [0.25, 0.3) is 0 Å². The van der Waals surface area contributed by atoms with Gasteiger partial charge in [0.15, 0.2) is 0 Å². The SMILES string of the molecule is Nc1ccc(C(=O)O)cc1NCCC(=O)N1CCOCC1. The van der Waals surface area contributed by atoms with Crippen molar-refractivity contribution >= 4 is 23.3 Å². The van der Waals surface area contributed by atoms with E-state index >= 15 is 0 Å². The standard InChI is InChI=1S/C14H19N3O4/c15-11-2-1-10(14(19)20)9-12(11)16-4-3-13(18)17-5-7-21-8-6-17/h1-2,9,16H,3-8,15H2,(H,19,20). The van der Waals surface area contributed by atoms with Crippen molar-refractivity contribution in [3.8, 4) is 0 Å². The molecule has 1 amide bonds. The summed E-state index contributed by atoms with van der Waals surface area (Å²) in [5.74, 6) is -0.957. The summed E-state index contributed by atoms with van der Waals surface area (Å²) in [5, 5.41) is 12.0. The van der Waals surface area contributed by atoms with Crippen LogP contribution in [0, 0.1) is 0 Å². The number of nitrogens with zero attached hydrogens (tertiary/aromatic N) is 1. The van der Waals surface area contributed by atoms with E-state index in [9.17, 15) is 9.59 Å². The molecule has 0 saturated carbocycles. The molecule has 1 aliphatic heterocycles. The molecule has 1 heterocycles. The molecule has 1 aliphatic rings. The van der Waals surface area contributed by atoms with Crippen molar-refractivity contribution in [1.29, 1.82) is 0 Å². The molecule has 0 bridgehead atoms. The summed E-state index contributed by atoms with van der Waals surface area (Å²) in [6, 6.07) is 4.45. The van der Waals surface area contributed by atoms with Crippen LogP contribution in [0.1, 0.15) is 16.8 Å². The van der Waals surface area contributed by atoms with Crippen LogP contribution in [0.4, 0.5) is 11.4 Å². The summed E-state index contributed by atoms with van der Waals surface area (Å²) in [5.41, 5.74) is 6.93. The van der Waals surface area contributed by atoms with Gasteiger partial charge in [-0.1, -0.05) is 0 Å². The second-order valence-electron chi connectivity index (χ2n) is 4.78. The van der Waals surface area contributed by atoms with E-state index in [0.29, 0.717) is 50.6 Å². The number of benzene rings is 1. The fourth-order valence-electron chi connectivity index (χ4n) is 2.12. The summed E-state index contributed by atoms with van der Waals surface area (Å²) >= 11 is 0. The number of ether oxygens (including phenoxy) is 1. The Balaban J connectivity index is 1.86. The molecule has 4 N–H and O–H groups in total. The highest BCUT2D eigenvalue weighted by Crippen LogP contribution is 2.20. The number of hydrogen-bond donors (Lipinski definition) is 3. The minimum absolute atomic E-state index is 0.0544. The molecule has 7 heteroatoms. The molecule has 1 fully saturated rings. The lowest BCUT2D eigenvalue weighted by molar-refractivity contribution is -0.134. The van der Waals surface area contributed by atoms with Crippen molar-refractivity contribution in [3.63, 3.8) is 0 Å². The van der Waals surface area contributed by atoms with Gasteiger partial charge in [0.1, 0.15) is 0 Å². The number of rotatable bonds is 5. The van der Waals surface area contributed by atoms with Gasteiger partial charge in [0.05, 0.1) is 30.2 Å². The molecule has 2 rings (SSSR count). The van der Waals surface area contributed by atoms with E-state index < -0.39 is 5.97 Å². The molecular formula is C14H19N3O4. The van der Waals surface area contributed by atoms with E-state index in [1.54, 1.807) is 4.90 Å². The van der Waals surface area contributed by atoms with Gasteiger partial charge in [-0.2, -0.15) is 0 Å². The Morgan fingerprint density at radius 1 is 1.33 bits per heavy atom. The number of carbonyl (C=O) groups excluding carboxylic acids is 1. The first-order valence-electron chi connectivity index (χ1n) is 6.80. The summed E-state index contributed by atoms with van der Waals surface area (Å²) in [4.78, 5) is 24.6. The van der Waals surface area contributed by atoms with E-state index in [-0.39, 0.29) is 11.5 Å². The lowest BCUT2D eigenvalue weighted by atomic mass is 10.1. The summed E-state index contributed by atoms with van der Waals surface area (Å²) in [7, 11) is 0. The first-order valence-corrected chi connectivity index (χ1v) is 6.80. The summed E-state index contributed by atoms with van der Waals surface area (Å²) in [6.45, 7) is 2.80. The Kier molecular flexibility index (Phi) is 4.99. The highest BCUT2D eigenvalue weighted by atomic mass is 16.5. The zero-order chi connectivity index (χ0) is 15.2. The van der Waals surface area contributed by atoms with E-state index in [0.717, 1.165) is 0 Å². The molecule has 0 unspecified atom stereocenters. The Bertz CT molecular complexity index is 527. The van der Waals surface area contributed by atoms with Gasteiger partial charge in [0, 0.05) is 26.1 Å². The van der Waals surface area contributed by atoms with Gasteiger partial charge in [-0.25, -0.2) is 4.79 Å². The van der Waals surface area contributed by atoms with Crippen LogP contribution in [-0.2, 0) is 9.53 Å². The second-order valence-corrected chi connectivity index (χ2v) is 4.78. The Labute approximate surface area is 122 Å². The minimum Gasteiger partial charge on any atom is -0.478 e. The van der Waals surface area contributed by atoms with Crippen molar-refractivity contribution in [3.05, 3.63) is 23.8 Å². The number of aromatic carboxylic acids is 1. The minimum atomic E-state index is -1.01. The van der Waals surface area contributed by atoms with Crippen LogP contribution in [0.25, 0.3) is 0 Å². The van der Waals surface area contributed by atoms with Crippen molar-refractivity contribution in [2.75, 3.05) is 43.9 Å². The third kappa shape index (κ3) is 4.09. The monoisotopic (exact) mass is 293 g/mol.